The lowest BCUT2D eigenvalue weighted by molar-refractivity contribution is -0.118. The number of imidazole rings is 1. The number of ether oxygens (including phenoxy) is 4. The topological polar surface area (TPSA) is 165 Å². The fourth-order valence-electron chi connectivity index (χ4n) is 6.63. The van der Waals surface area contributed by atoms with Gasteiger partial charge in [0.2, 0.25) is 11.9 Å². The molecule has 0 radical (unpaired) electrons. The van der Waals surface area contributed by atoms with Gasteiger partial charge < -0.3 is 23.5 Å². The summed E-state index contributed by atoms with van der Waals surface area (Å²) < 4.78 is 51.5. The van der Waals surface area contributed by atoms with E-state index < -0.39 is 37.9 Å². The van der Waals surface area contributed by atoms with E-state index in [2.05, 4.69) is 20.3 Å². The van der Waals surface area contributed by atoms with E-state index in [1.54, 1.807) is 52.3 Å². The SMILES string of the molecule is COc1ccc(C(OC[C@@H]2C[C@@H](O[PH](=O)Oc3ccccc3)[C@H](n3cnc4c(=O)[nH]c(NC(=O)C(C)C)nc43)O2)(c2ccccc2)c2ccc(OC)cc2)cc1. The van der Waals surface area contributed by atoms with E-state index in [1.807, 2.05) is 84.9 Å². The quantitative estimate of drug-likeness (QED) is 0.0825. The molecule has 4 aromatic carbocycles. The second-order valence-electron chi connectivity index (χ2n) is 13.4. The molecule has 15 heteroatoms. The molecule has 6 aromatic rings. The molecule has 2 N–H and O–H groups in total. The molecule has 0 aliphatic carbocycles. The zero-order chi connectivity index (χ0) is 39.2. The summed E-state index contributed by atoms with van der Waals surface area (Å²) in [5.41, 5.74) is 0.977. The maximum absolute atomic E-state index is 13.4. The molecule has 2 aromatic heterocycles. The molecule has 0 saturated carbocycles. The lowest BCUT2D eigenvalue weighted by Crippen LogP contribution is -2.35. The number of hydrogen-bond donors (Lipinski definition) is 2. The van der Waals surface area contributed by atoms with Crippen molar-refractivity contribution >= 4 is 31.3 Å². The van der Waals surface area contributed by atoms with Crippen LogP contribution in [-0.2, 0) is 29.0 Å². The highest BCUT2D eigenvalue weighted by molar-refractivity contribution is 7.33. The smallest absolute Gasteiger partial charge is 0.368 e. The van der Waals surface area contributed by atoms with E-state index >= 15 is 0 Å². The van der Waals surface area contributed by atoms with Gasteiger partial charge in [-0.25, -0.2) is 9.55 Å². The van der Waals surface area contributed by atoms with Gasteiger partial charge in [0.1, 0.15) is 29.0 Å². The summed E-state index contributed by atoms with van der Waals surface area (Å²) in [6.07, 6.45) is -0.842. The van der Waals surface area contributed by atoms with Crippen LogP contribution >= 0.6 is 8.25 Å². The fourth-order valence-corrected chi connectivity index (χ4v) is 7.47. The van der Waals surface area contributed by atoms with Crippen LogP contribution in [0.25, 0.3) is 11.2 Å². The molecule has 1 aliphatic heterocycles. The van der Waals surface area contributed by atoms with Gasteiger partial charge in [-0.2, -0.15) is 4.98 Å². The van der Waals surface area contributed by atoms with Crippen molar-refractivity contribution in [1.82, 2.24) is 19.5 Å². The number of nitrogens with zero attached hydrogens (tertiary/aromatic N) is 3. The van der Waals surface area contributed by atoms with Gasteiger partial charge in [0, 0.05) is 12.3 Å². The molecule has 1 amide bonds. The van der Waals surface area contributed by atoms with Gasteiger partial charge in [0.15, 0.2) is 17.4 Å². The number of carbonyl (C=O) groups is 1. The van der Waals surface area contributed by atoms with Gasteiger partial charge >= 0.3 is 8.25 Å². The van der Waals surface area contributed by atoms with Gasteiger partial charge in [-0.15, -0.1) is 0 Å². The summed E-state index contributed by atoms with van der Waals surface area (Å²) in [7, 11) is 0.106. The van der Waals surface area contributed by atoms with Crippen molar-refractivity contribution in [2.24, 2.45) is 5.92 Å². The highest BCUT2D eigenvalue weighted by atomic mass is 31.1. The minimum absolute atomic E-state index is 0.0184. The number of para-hydroxylation sites is 1. The van der Waals surface area contributed by atoms with Crippen LogP contribution in [0.1, 0.15) is 43.2 Å². The normalized spacial score (nSPS) is 17.5. The van der Waals surface area contributed by atoms with Crippen LogP contribution in [0.2, 0.25) is 0 Å². The fraction of sp³-hybridized carbons (Fsp3) is 0.268. The minimum Gasteiger partial charge on any atom is -0.497 e. The highest BCUT2D eigenvalue weighted by Gasteiger charge is 2.43. The summed E-state index contributed by atoms with van der Waals surface area (Å²) >= 11 is 0. The van der Waals surface area contributed by atoms with Gasteiger partial charge in [-0.05, 0) is 53.1 Å². The zero-order valence-electron chi connectivity index (χ0n) is 31.2. The van der Waals surface area contributed by atoms with E-state index in [1.165, 1.54) is 10.9 Å². The Morgan fingerprint density at radius 3 is 2.07 bits per heavy atom. The molecular formula is C41H42N5O9P. The predicted octanol–water partition coefficient (Wildman–Crippen LogP) is 6.88. The lowest BCUT2D eigenvalue weighted by atomic mass is 9.80. The molecule has 56 heavy (non-hydrogen) atoms. The molecule has 14 nitrogen and oxygen atoms in total. The van der Waals surface area contributed by atoms with E-state index in [0.717, 1.165) is 16.7 Å². The average molecular weight is 780 g/mol. The Balaban J connectivity index is 1.26. The van der Waals surface area contributed by atoms with Gasteiger partial charge in [0.05, 0.1) is 33.3 Å². The Morgan fingerprint density at radius 2 is 1.48 bits per heavy atom. The number of H-pyrrole nitrogens is 1. The monoisotopic (exact) mass is 779 g/mol. The summed E-state index contributed by atoms with van der Waals surface area (Å²) in [5, 5.41) is 2.64. The Kier molecular flexibility index (Phi) is 11.6. The van der Waals surface area contributed by atoms with Crippen molar-refractivity contribution < 1.29 is 37.4 Å². The standard InChI is InChI=1S/C41H42N5O9P/c1-26(2)37(47)44-40-43-36-35(38(48)45-40)42-25-46(36)39-34(55-56(49)54-32-13-9-6-10-14-32)23-33(53-39)24-52-41(27-11-7-5-8-12-27,28-15-19-30(50-3)20-16-28)29-17-21-31(51-4)22-18-29/h5-22,25-26,33-34,39,56H,23-24H2,1-4H3,(H2,43,44,45,47,48)/t33-,34+,39+/m0/s1. The molecule has 3 heterocycles. The summed E-state index contributed by atoms with van der Waals surface area (Å²) in [5.74, 6) is 1.01. The van der Waals surface area contributed by atoms with Gasteiger partial charge in [0.25, 0.3) is 5.56 Å². The zero-order valence-corrected chi connectivity index (χ0v) is 32.2. The minimum atomic E-state index is -3.12. The molecule has 290 valence electrons. The second-order valence-corrected chi connectivity index (χ2v) is 14.3. The van der Waals surface area contributed by atoms with Crippen molar-refractivity contribution in [2.45, 2.75) is 44.3 Å². The molecule has 7 rings (SSSR count). The van der Waals surface area contributed by atoms with Crippen molar-refractivity contribution in [1.29, 1.82) is 0 Å². The first kappa shape index (κ1) is 38.5. The first-order valence-electron chi connectivity index (χ1n) is 18.0. The first-order chi connectivity index (χ1) is 27.2. The van der Waals surface area contributed by atoms with E-state index in [0.29, 0.717) is 17.2 Å². The summed E-state index contributed by atoms with van der Waals surface area (Å²) in [4.78, 5) is 37.0. The van der Waals surface area contributed by atoms with Crippen LogP contribution in [0.15, 0.2) is 120 Å². The molecule has 1 unspecified atom stereocenters. The predicted molar refractivity (Wildman–Crippen MR) is 209 cm³/mol. The Labute approximate surface area is 323 Å². The first-order valence-corrected chi connectivity index (χ1v) is 19.3. The molecule has 0 spiro atoms. The van der Waals surface area contributed by atoms with E-state index in [9.17, 15) is 14.2 Å². The lowest BCUT2D eigenvalue weighted by Gasteiger charge is -2.37. The molecule has 1 fully saturated rings. The van der Waals surface area contributed by atoms with Crippen molar-refractivity contribution in [3.63, 3.8) is 0 Å². The third-order valence-corrected chi connectivity index (χ3v) is 10.4. The number of amides is 1. The number of rotatable bonds is 15. The van der Waals surface area contributed by atoms with Crippen LogP contribution < -0.4 is 24.9 Å². The number of benzene rings is 4. The van der Waals surface area contributed by atoms with Crippen molar-refractivity contribution in [3.05, 3.63) is 143 Å². The molecule has 1 saturated heterocycles. The number of nitrogens with one attached hydrogen (secondary N) is 2. The second kappa shape index (κ2) is 16.9. The van der Waals surface area contributed by atoms with Gasteiger partial charge in [-0.1, -0.05) is 86.6 Å². The number of methoxy groups -OCH3 is 2. The Bertz CT molecular complexity index is 2290. The Morgan fingerprint density at radius 1 is 0.893 bits per heavy atom. The van der Waals surface area contributed by atoms with Gasteiger partial charge in [-0.3, -0.25) is 29.0 Å². The van der Waals surface area contributed by atoms with Crippen LogP contribution in [0.3, 0.4) is 0 Å². The average Bonchev–Trinajstić information content (AvgIpc) is 3.83. The number of aromatic amines is 1. The van der Waals surface area contributed by atoms with E-state index in [-0.39, 0.29) is 42.0 Å². The number of carbonyl (C=O) groups excluding carboxylic acids is 1. The van der Waals surface area contributed by atoms with Crippen LogP contribution in [-0.4, -0.2) is 58.5 Å². The summed E-state index contributed by atoms with van der Waals surface area (Å²) in [6, 6.07) is 33.9. The van der Waals surface area contributed by atoms with Crippen LogP contribution in [0, 0.1) is 5.92 Å². The maximum Gasteiger partial charge on any atom is 0.368 e. The summed E-state index contributed by atoms with van der Waals surface area (Å²) in [6.45, 7) is 3.49. The number of hydrogen-bond acceptors (Lipinski definition) is 11. The maximum atomic E-state index is 13.4. The third kappa shape index (κ3) is 8.10. The number of fused-ring (bicyclic) bond motifs is 1. The van der Waals surface area contributed by atoms with Crippen LogP contribution in [0.5, 0.6) is 17.2 Å². The molecule has 0 bridgehead atoms. The van der Waals surface area contributed by atoms with Crippen molar-refractivity contribution in [2.75, 3.05) is 26.1 Å². The van der Waals surface area contributed by atoms with Crippen LogP contribution in [0.4, 0.5) is 5.95 Å². The van der Waals surface area contributed by atoms with Crippen molar-refractivity contribution in [3.8, 4) is 17.2 Å². The largest absolute Gasteiger partial charge is 0.497 e. The number of anilines is 1. The Hall–Kier alpha value is -5.79. The van der Waals surface area contributed by atoms with E-state index in [4.69, 9.17) is 28.0 Å². The highest BCUT2D eigenvalue weighted by Crippen LogP contribution is 2.44. The molecule has 4 atom stereocenters. The molecular weight excluding hydrogens is 737 g/mol. The molecule has 1 aliphatic rings. The number of aromatic nitrogens is 4. The third-order valence-electron chi connectivity index (χ3n) is 9.47.